The van der Waals surface area contributed by atoms with Crippen LogP contribution in [0, 0.1) is 5.92 Å². The van der Waals surface area contributed by atoms with Crippen molar-refractivity contribution in [2.75, 3.05) is 12.3 Å². The van der Waals surface area contributed by atoms with Crippen LogP contribution in [-0.4, -0.2) is 69.0 Å². The van der Waals surface area contributed by atoms with Crippen LogP contribution in [0.3, 0.4) is 0 Å². The Bertz CT molecular complexity index is 1370. The van der Waals surface area contributed by atoms with Crippen LogP contribution in [-0.2, 0) is 41.6 Å². The first-order valence-electron chi connectivity index (χ1n) is 16.0. The van der Waals surface area contributed by atoms with Crippen molar-refractivity contribution in [3.63, 3.8) is 0 Å². The lowest BCUT2D eigenvalue weighted by Crippen LogP contribution is -2.56. The van der Waals surface area contributed by atoms with E-state index in [0.717, 1.165) is 11.1 Å². The zero-order valence-electron chi connectivity index (χ0n) is 28.5. The third kappa shape index (κ3) is 10.1. The van der Waals surface area contributed by atoms with Crippen molar-refractivity contribution in [2.45, 2.75) is 115 Å². The molecule has 250 valence electrons. The molecule has 0 radical (unpaired) electrons. The Morgan fingerprint density at radius 2 is 1.49 bits per heavy atom. The van der Waals surface area contributed by atoms with Gasteiger partial charge in [-0.3, -0.25) is 4.79 Å². The molecule has 2 unspecified atom stereocenters. The Balaban J connectivity index is 2.15. The van der Waals surface area contributed by atoms with Gasteiger partial charge in [-0.25, -0.2) is 13.2 Å². The van der Waals surface area contributed by atoms with E-state index in [2.05, 4.69) is 33.9 Å². The number of hydrogen-bond donors (Lipinski definition) is 0. The molecule has 1 aliphatic heterocycles. The molecule has 10 heteroatoms. The maximum Gasteiger partial charge on any atom is 0.410 e. The Morgan fingerprint density at radius 1 is 0.933 bits per heavy atom. The van der Waals surface area contributed by atoms with Gasteiger partial charge < -0.3 is 18.8 Å². The fourth-order valence-electron chi connectivity index (χ4n) is 5.36. The lowest BCUT2D eigenvalue weighted by molar-refractivity contribution is -0.155. The highest BCUT2D eigenvalue weighted by Crippen LogP contribution is 2.42. The van der Waals surface area contributed by atoms with Gasteiger partial charge >= 0.3 is 12.1 Å². The van der Waals surface area contributed by atoms with Crippen LogP contribution in [0.15, 0.2) is 60.7 Å². The number of carbonyl (C=O) groups is 2. The van der Waals surface area contributed by atoms with Gasteiger partial charge in [-0.15, -0.1) is 0 Å². The highest BCUT2D eigenvalue weighted by molar-refractivity contribution is 7.92. The standard InChI is InChI=1S/C35H53NO7SSi/c1-10-21-44(39,40)28-23-30(36(24-28)33(38)42-34(2,3)4)31(43-45(8,9)35(5,6)7)29(22-26-17-13-11-14-18-26)32(37)41-25-27-19-15-12-16-20-27/h11-20,28-31H,10,21-25H2,1-9H3/t28?,29-,30?,31-/m0/s1. The van der Waals surface area contributed by atoms with Gasteiger partial charge in [0.1, 0.15) is 12.2 Å². The second-order valence-corrected chi connectivity index (χ2v) is 21.8. The molecule has 45 heavy (non-hydrogen) atoms. The maximum atomic E-state index is 14.2. The fourth-order valence-corrected chi connectivity index (χ4v) is 8.50. The maximum absolute atomic E-state index is 14.2. The van der Waals surface area contributed by atoms with Crippen molar-refractivity contribution in [1.82, 2.24) is 4.90 Å². The zero-order valence-corrected chi connectivity index (χ0v) is 30.4. The van der Waals surface area contributed by atoms with Crippen molar-refractivity contribution in [1.29, 1.82) is 0 Å². The minimum atomic E-state index is -3.52. The molecule has 1 heterocycles. The van der Waals surface area contributed by atoms with Gasteiger partial charge in [-0.1, -0.05) is 88.4 Å². The van der Waals surface area contributed by atoms with Crippen molar-refractivity contribution < 1.29 is 31.9 Å². The Morgan fingerprint density at radius 3 is 2.00 bits per heavy atom. The van der Waals surface area contributed by atoms with E-state index in [9.17, 15) is 18.0 Å². The van der Waals surface area contributed by atoms with Gasteiger partial charge in [0.2, 0.25) is 0 Å². The lowest BCUT2D eigenvalue weighted by atomic mass is 9.88. The number of benzene rings is 2. The minimum Gasteiger partial charge on any atom is -0.461 e. The summed E-state index contributed by atoms with van der Waals surface area (Å²) in [5.74, 6) is -1.24. The van der Waals surface area contributed by atoms with E-state index < -0.39 is 59.1 Å². The molecular formula is C35H53NO7SSi. The van der Waals surface area contributed by atoms with E-state index in [1.807, 2.05) is 67.6 Å². The smallest absolute Gasteiger partial charge is 0.410 e. The molecule has 0 bridgehead atoms. The number of rotatable bonds is 12. The van der Waals surface area contributed by atoms with Crippen LogP contribution in [0.1, 0.15) is 72.4 Å². The second kappa shape index (κ2) is 14.8. The summed E-state index contributed by atoms with van der Waals surface area (Å²) < 4.78 is 45.8. The quantitative estimate of drug-likeness (QED) is 0.176. The molecule has 0 spiro atoms. The van der Waals surface area contributed by atoms with E-state index in [4.69, 9.17) is 13.9 Å². The first-order chi connectivity index (χ1) is 20.8. The number of nitrogens with zero attached hydrogens (tertiary/aromatic N) is 1. The predicted octanol–water partition coefficient (Wildman–Crippen LogP) is 7.18. The summed E-state index contributed by atoms with van der Waals surface area (Å²) in [6.07, 6.45) is -0.510. The minimum absolute atomic E-state index is 0.0175. The predicted molar refractivity (Wildman–Crippen MR) is 181 cm³/mol. The molecule has 0 N–H and O–H groups in total. The molecule has 8 nitrogen and oxygen atoms in total. The number of sulfone groups is 1. The number of esters is 1. The van der Waals surface area contributed by atoms with E-state index in [-0.39, 0.29) is 30.4 Å². The zero-order chi connectivity index (χ0) is 33.6. The number of carbonyl (C=O) groups excluding carboxylic acids is 2. The Kier molecular flexibility index (Phi) is 12.1. The monoisotopic (exact) mass is 659 g/mol. The largest absolute Gasteiger partial charge is 0.461 e. The molecule has 0 aliphatic carbocycles. The van der Waals surface area contributed by atoms with Crippen LogP contribution < -0.4 is 0 Å². The summed E-state index contributed by atoms with van der Waals surface area (Å²) in [6, 6.07) is 18.4. The van der Waals surface area contributed by atoms with Crippen molar-refractivity contribution >= 4 is 30.2 Å². The molecule has 2 aromatic carbocycles. The summed E-state index contributed by atoms with van der Waals surface area (Å²) in [5.41, 5.74) is 0.976. The van der Waals surface area contributed by atoms with Gasteiger partial charge in [0.15, 0.2) is 18.2 Å². The van der Waals surface area contributed by atoms with Crippen LogP contribution in [0.5, 0.6) is 0 Å². The van der Waals surface area contributed by atoms with Gasteiger partial charge in [0, 0.05) is 6.54 Å². The molecular weight excluding hydrogens is 607 g/mol. The van der Waals surface area contributed by atoms with Gasteiger partial charge in [0.05, 0.1) is 29.1 Å². The lowest BCUT2D eigenvalue weighted by Gasteiger charge is -2.44. The first kappa shape index (κ1) is 36.8. The molecule has 3 rings (SSSR count). The summed E-state index contributed by atoms with van der Waals surface area (Å²) in [6.45, 7) is 17.8. The molecule has 2 aromatic rings. The van der Waals surface area contributed by atoms with Gasteiger partial charge in [-0.2, -0.15) is 0 Å². The van der Waals surface area contributed by atoms with Crippen molar-refractivity contribution in [3.8, 4) is 0 Å². The topological polar surface area (TPSA) is 99.2 Å². The Labute approximate surface area is 271 Å². The van der Waals surface area contributed by atoms with E-state index in [0.29, 0.717) is 12.8 Å². The Hall–Kier alpha value is -2.69. The molecule has 4 atom stereocenters. The second-order valence-electron chi connectivity index (χ2n) is 14.7. The van der Waals surface area contributed by atoms with E-state index in [1.54, 1.807) is 20.8 Å². The highest BCUT2D eigenvalue weighted by atomic mass is 32.2. The normalized spacial score (nSPS) is 19.2. The van der Waals surface area contributed by atoms with Crippen molar-refractivity contribution in [2.24, 2.45) is 5.92 Å². The molecule has 1 fully saturated rings. The summed E-state index contributed by atoms with van der Waals surface area (Å²) in [7, 11) is -6.10. The average Bonchev–Trinajstić information content (AvgIpc) is 3.40. The molecule has 1 amide bonds. The fraction of sp³-hybridized carbons (Fsp3) is 0.600. The van der Waals surface area contributed by atoms with Crippen LogP contribution >= 0.6 is 0 Å². The first-order valence-corrected chi connectivity index (χ1v) is 20.6. The van der Waals surface area contributed by atoms with Crippen LogP contribution in [0.2, 0.25) is 18.1 Å². The number of hydrogen-bond acceptors (Lipinski definition) is 7. The van der Waals surface area contributed by atoms with Crippen molar-refractivity contribution in [3.05, 3.63) is 71.8 Å². The SMILES string of the molecule is CCCS(=O)(=O)C1CC([C@@H](O[Si](C)(C)C(C)(C)C)[C@H](Cc2ccccc2)C(=O)OCc2ccccc2)N(C(=O)OC(C)(C)C)C1. The van der Waals surface area contributed by atoms with E-state index >= 15 is 0 Å². The highest BCUT2D eigenvalue weighted by Gasteiger charge is 2.52. The van der Waals surface area contributed by atoms with Gasteiger partial charge in [-0.05, 0) is 69.3 Å². The average molecular weight is 660 g/mol. The van der Waals surface area contributed by atoms with Crippen LogP contribution in [0.25, 0.3) is 0 Å². The summed E-state index contributed by atoms with van der Waals surface area (Å²) in [5, 5.41) is -1.02. The number of amides is 1. The third-order valence-electron chi connectivity index (χ3n) is 8.77. The van der Waals surface area contributed by atoms with Gasteiger partial charge in [0.25, 0.3) is 0 Å². The van der Waals surface area contributed by atoms with E-state index in [1.165, 1.54) is 4.90 Å². The van der Waals surface area contributed by atoms with Crippen LogP contribution in [0.4, 0.5) is 4.79 Å². The third-order valence-corrected chi connectivity index (χ3v) is 15.6. The molecule has 1 saturated heterocycles. The molecule has 0 aromatic heterocycles. The molecule has 0 saturated carbocycles. The number of ether oxygens (including phenoxy) is 2. The number of likely N-dealkylation sites (tertiary alicyclic amines) is 1. The summed E-state index contributed by atoms with van der Waals surface area (Å²) in [4.78, 5) is 29.5. The summed E-state index contributed by atoms with van der Waals surface area (Å²) >= 11 is 0. The molecule has 1 aliphatic rings.